The number of rotatable bonds is 4. The van der Waals surface area contributed by atoms with Gasteiger partial charge in [-0.1, -0.05) is 23.7 Å². The smallest absolute Gasteiger partial charge is 0.348 e. The lowest BCUT2D eigenvalue weighted by atomic mass is 10.1. The highest BCUT2D eigenvalue weighted by molar-refractivity contribution is 6.33. The van der Waals surface area contributed by atoms with Crippen LogP contribution in [0.3, 0.4) is 0 Å². The van der Waals surface area contributed by atoms with Crippen LogP contribution in [0.2, 0.25) is 5.02 Å². The number of H-pyrrole nitrogens is 1. The number of anilines is 3. The molecule has 3 rings (SSSR count). The summed E-state index contributed by atoms with van der Waals surface area (Å²) in [6, 6.07) is 9.29. The first-order valence-electron chi connectivity index (χ1n) is 8.07. The molecule has 1 amide bonds. The number of hydrogen-bond donors (Lipinski definition) is 3. The van der Waals surface area contributed by atoms with Crippen molar-refractivity contribution in [2.75, 3.05) is 10.6 Å². The van der Waals surface area contributed by atoms with Gasteiger partial charge < -0.3 is 15.6 Å². The van der Waals surface area contributed by atoms with Crippen LogP contribution in [0.15, 0.2) is 59.5 Å². The first-order chi connectivity index (χ1) is 13.6. The summed E-state index contributed by atoms with van der Waals surface area (Å²) in [6.07, 6.45) is -3.58. The molecule has 3 aromatic rings. The Morgan fingerprint density at radius 3 is 2.45 bits per heavy atom. The number of benzene rings is 2. The Bertz CT molecular complexity index is 1130. The lowest BCUT2D eigenvalue weighted by molar-refractivity contribution is -0.137. The van der Waals surface area contributed by atoms with E-state index < -0.39 is 34.6 Å². The van der Waals surface area contributed by atoms with Crippen LogP contribution in [0.25, 0.3) is 0 Å². The number of nitrogens with one attached hydrogen (secondary N) is 3. The molecule has 0 aliphatic carbocycles. The highest BCUT2D eigenvalue weighted by Gasteiger charge is 2.32. The van der Waals surface area contributed by atoms with Gasteiger partial charge in [0.1, 0.15) is 11.5 Å². The zero-order chi connectivity index (χ0) is 21.2. The average molecular weight is 426 g/mol. The van der Waals surface area contributed by atoms with Crippen LogP contribution in [-0.4, -0.2) is 10.9 Å². The van der Waals surface area contributed by atoms with Gasteiger partial charge in [0.25, 0.3) is 11.5 Å². The molecule has 0 bridgehead atoms. The van der Waals surface area contributed by atoms with E-state index in [-0.39, 0.29) is 17.4 Å². The normalized spacial score (nSPS) is 11.2. The lowest BCUT2D eigenvalue weighted by Gasteiger charge is -2.14. The fourth-order valence-corrected chi connectivity index (χ4v) is 2.67. The molecule has 10 heteroatoms. The molecule has 3 N–H and O–H groups in total. The van der Waals surface area contributed by atoms with Gasteiger partial charge in [0.2, 0.25) is 0 Å². The molecule has 1 heterocycles. The monoisotopic (exact) mass is 425 g/mol. The first-order valence-corrected chi connectivity index (χ1v) is 8.45. The molecule has 0 aliphatic heterocycles. The van der Waals surface area contributed by atoms with Crippen molar-refractivity contribution in [3.05, 3.63) is 87.0 Å². The van der Waals surface area contributed by atoms with Crippen molar-refractivity contribution in [2.45, 2.75) is 6.18 Å². The van der Waals surface area contributed by atoms with Gasteiger partial charge >= 0.3 is 6.18 Å². The van der Waals surface area contributed by atoms with E-state index in [4.69, 9.17) is 11.6 Å². The second-order valence-electron chi connectivity index (χ2n) is 5.88. The summed E-state index contributed by atoms with van der Waals surface area (Å²) in [5.41, 5.74) is -2.23. The minimum absolute atomic E-state index is 0.0310. The predicted octanol–water partition coefficient (Wildman–Crippen LogP) is 5.18. The quantitative estimate of drug-likeness (QED) is 0.504. The summed E-state index contributed by atoms with van der Waals surface area (Å²) in [7, 11) is 0. The van der Waals surface area contributed by atoms with Crippen LogP contribution in [0.5, 0.6) is 0 Å². The van der Waals surface area contributed by atoms with Gasteiger partial charge in [-0.05, 0) is 36.4 Å². The van der Waals surface area contributed by atoms with Crippen LogP contribution in [0, 0.1) is 5.82 Å². The van der Waals surface area contributed by atoms with Crippen LogP contribution in [0.4, 0.5) is 34.6 Å². The molecule has 0 fully saturated rings. The molecule has 0 unspecified atom stereocenters. The third-order valence-corrected chi connectivity index (χ3v) is 4.16. The third kappa shape index (κ3) is 4.75. The summed E-state index contributed by atoms with van der Waals surface area (Å²) >= 11 is 6.05. The van der Waals surface area contributed by atoms with Crippen molar-refractivity contribution in [1.82, 2.24) is 4.98 Å². The lowest BCUT2D eigenvalue weighted by Crippen LogP contribution is -2.19. The van der Waals surface area contributed by atoms with Crippen molar-refractivity contribution in [1.29, 1.82) is 0 Å². The number of carbonyl (C=O) groups excluding carboxylic acids is 1. The number of aromatic nitrogens is 1. The summed E-state index contributed by atoms with van der Waals surface area (Å²) in [5.74, 6) is -2.24. The predicted molar refractivity (Wildman–Crippen MR) is 101 cm³/mol. The minimum atomic E-state index is -4.82. The zero-order valence-electron chi connectivity index (χ0n) is 14.4. The van der Waals surface area contributed by atoms with E-state index in [0.29, 0.717) is 22.8 Å². The number of amides is 1. The van der Waals surface area contributed by atoms with Crippen LogP contribution < -0.4 is 16.2 Å². The SMILES string of the molecule is O=C(Nc1cc[nH]c(=O)c1Nc1ccccc1Cl)c1cc(F)cc(C(F)(F)F)c1. The van der Waals surface area contributed by atoms with Crippen molar-refractivity contribution in [3.63, 3.8) is 0 Å². The Kier molecular flexibility index (Phi) is 5.60. The second kappa shape index (κ2) is 7.96. The van der Waals surface area contributed by atoms with E-state index >= 15 is 0 Å². The number of carbonyl (C=O) groups is 1. The standard InChI is InChI=1S/C19H12ClF4N3O2/c20-13-3-1-2-4-14(13)26-16-15(5-6-25-18(16)29)27-17(28)10-7-11(19(22,23)24)9-12(21)8-10/h1-9,26H,(H2,25,27,28,29). The first kappa shape index (κ1) is 20.4. The summed E-state index contributed by atoms with van der Waals surface area (Å²) in [6.45, 7) is 0. The van der Waals surface area contributed by atoms with E-state index in [0.717, 1.165) is 0 Å². The Hall–Kier alpha value is -3.33. The Labute approximate surface area is 166 Å². The van der Waals surface area contributed by atoms with Gasteiger partial charge in [0.05, 0.1) is 22.0 Å². The molecule has 29 heavy (non-hydrogen) atoms. The van der Waals surface area contributed by atoms with Gasteiger partial charge in [0, 0.05) is 11.8 Å². The minimum Gasteiger partial charge on any atom is -0.348 e. The van der Waals surface area contributed by atoms with Gasteiger partial charge in [-0.3, -0.25) is 9.59 Å². The van der Waals surface area contributed by atoms with Crippen LogP contribution >= 0.6 is 11.6 Å². The molecule has 0 spiro atoms. The maximum Gasteiger partial charge on any atom is 0.416 e. The third-order valence-electron chi connectivity index (χ3n) is 3.83. The molecular weight excluding hydrogens is 414 g/mol. The van der Waals surface area contributed by atoms with E-state index in [1.165, 1.54) is 12.3 Å². The van der Waals surface area contributed by atoms with E-state index in [2.05, 4.69) is 15.6 Å². The number of para-hydroxylation sites is 1. The van der Waals surface area contributed by atoms with Crippen molar-refractivity contribution in [2.24, 2.45) is 0 Å². The molecule has 1 aromatic heterocycles. The molecule has 0 atom stereocenters. The maximum absolute atomic E-state index is 13.6. The number of alkyl halides is 3. The van der Waals surface area contributed by atoms with E-state index in [9.17, 15) is 27.2 Å². The molecule has 0 saturated heterocycles. The molecule has 0 saturated carbocycles. The fourth-order valence-electron chi connectivity index (χ4n) is 2.48. The Morgan fingerprint density at radius 1 is 1.03 bits per heavy atom. The molecule has 150 valence electrons. The maximum atomic E-state index is 13.6. The fraction of sp³-hybridized carbons (Fsp3) is 0.0526. The highest BCUT2D eigenvalue weighted by Crippen LogP contribution is 2.31. The molecule has 5 nitrogen and oxygen atoms in total. The summed E-state index contributed by atoms with van der Waals surface area (Å²) in [5, 5.41) is 5.38. The zero-order valence-corrected chi connectivity index (χ0v) is 15.2. The van der Waals surface area contributed by atoms with Gasteiger partial charge in [-0.2, -0.15) is 13.2 Å². The van der Waals surface area contributed by atoms with Gasteiger partial charge in [0.15, 0.2) is 0 Å². The van der Waals surface area contributed by atoms with E-state index in [1.807, 2.05) is 0 Å². The molecule has 0 aliphatic rings. The summed E-state index contributed by atoms with van der Waals surface area (Å²) < 4.78 is 52.2. The van der Waals surface area contributed by atoms with Crippen LogP contribution in [0.1, 0.15) is 15.9 Å². The highest BCUT2D eigenvalue weighted by atomic mass is 35.5. The molecule has 0 radical (unpaired) electrons. The second-order valence-corrected chi connectivity index (χ2v) is 6.29. The number of pyridine rings is 1. The van der Waals surface area contributed by atoms with Crippen molar-refractivity contribution in [3.8, 4) is 0 Å². The topological polar surface area (TPSA) is 74.0 Å². The van der Waals surface area contributed by atoms with Gasteiger partial charge in [-0.25, -0.2) is 4.39 Å². The number of aromatic amines is 1. The Balaban J connectivity index is 1.94. The number of hydrogen-bond acceptors (Lipinski definition) is 3. The number of halogens is 5. The average Bonchev–Trinajstić information content (AvgIpc) is 2.64. The summed E-state index contributed by atoms with van der Waals surface area (Å²) in [4.78, 5) is 27.0. The van der Waals surface area contributed by atoms with Gasteiger partial charge in [-0.15, -0.1) is 0 Å². The molecular formula is C19H12ClF4N3O2. The van der Waals surface area contributed by atoms with Crippen molar-refractivity contribution >= 4 is 34.6 Å². The Morgan fingerprint density at radius 2 is 1.76 bits per heavy atom. The largest absolute Gasteiger partial charge is 0.416 e. The van der Waals surface area contributed by atoms with Crippen molar-refractivity contribution < 1.29 is 22.4 Å². The van der Waals surface area contributed by atoms with E-state index in [1.54, 1.807) is 24.3 Å². The van der Waals surface area contributed by atoms with Crippen LogP contribution in [-0.2, 0) is 6.18 Å². The molecule has 2 aromatic carbocycles.